The van der Waals surface area contributed by atoms with Gasteiger partial charge in [-0.15, -0.1) is 11.3 Å². The van der Waals surface area contributed by atoms with Crippen LogP contribution in [0.25, 0.3) is 11.2 Å². The van der Waals surface area contributed by atoms with Crippen molar-refractivity contribution in [3.05, 3.63) is 17.4 Å². The van der Waals surface area contributed by atoms with Gasteiger partial charge in [-0.2, -0.15) is 9.97 Å². The second-order valence-corrected chi connectivity index (χ2v) is 5.37. The van der Waals surface area contributed by atoms with Crippen LogP contribution >= 0.6 is 11.3 Å². The summed E-state index contributed by atoms with van der Waals surface area (Å²) in [7, 11) is 0. The molecular weight excluding hydrogens is 262 g/mol. The Hall–Kier alpha value is -2.22. The summed E-state index contributed by atoms with van der Waals surface area (Å²) >= 11 is 1.57. The number of fused-ring (bicyclic) bond motifs is 1. The number of nitrogens with zero attached hydrogens (tertiary/aromatic N) is 4. The van der Waals surface area contributed by atoms with Crippen molar-refractivity contribution in [3.8, 4) is 0 Å². The topological polar surface area (TPSA) is 105 Å². The molecule has 0 saturated heterocycles. The number of hydrogen-bond acceptors (Lipinski definition) is 7. The first-order chi connectivity index (χ1) is 9.29. The number of rotatable bonds is 3. The average molecular weight is 273 g/mol. The van der Waals surface area contributed by atoms with Crippen LogP contribution in [0.15, 0.2) is 11.7 Å². The van der Waals surface area contributed by atoms with Crippen LogP contribution in [0.2, 0.25) is 0 Å². The Morgan fingerprint density at radius 2 is 2.21 bits per heavy atom. The molecule has 19 heavy (non-hydrogen) atoms. The number of imidazole rings is 1. The van der Waals surface area contributed by atoms with Gasteiger partial charge in [0.05, 0.1) is 12.0 Å². The first-order valence-electron chi connectivity index (χ1n) is 5.98. The molecule has 3 heterocycles. The molecule has 0 aliphatic heterocycles. The van der Waals surface area contributed by atoms with Gasteiger partial charge >= 0.3 is 0 Å². The van der Waals surface area contributed by atoms with E-state index in [0.717, 1.165) is 16.3 Å². The van der Waals surface area contributed by atoms with Crippen LogP contribution in [0, 0.1) is 0 Å². The minimum Gasteiger partial charge on any atom is -0.368 e. The van der Waals surface area contributed by atoms with E-state index in [1.54, 1.807) is 17.7 Å². The molecule has 4 N–H and O–H groups in total. The zero-order valence-electron chi connectivity index (χ0n) is 9.92. The first kappa shape index (κ1) is 10.7. The Kier molecular flexibility index (Phi) is 2.18. The number of H-pyrrole nitrogens is 1. The predicted octanol–water partition coefficient (Wildman–Crippen LogP) is 2.01. The molecule has 0 radical (unpaired) electrons. The van der Waals surface area contributed by atoms with Crippen LogP contribution in [0.4, 0.5) is 16.9 Å². The minimum atomic E-state index is 0.195. The van der Waals surface area contributed by atoms with Gasteiger partial charge in [0, 0.05) is 11.3 Å². The molecule has 0 bridgehead atoms. The number of hydrogen-bond donors (Lipinski definition) is 3. The summed E-state index contributed by atoms with van der Waals surface area (Å²) in [6, 6.07) is 0. The van der Waals surface area contributed by atoms with E-state index in [2.05, 4.69) is 35.6 Å². The van der Waals surface area contributed by atoms with E-state index >= 15 is 0 Å². The molecule has 7 nitrogen and oxygen atoms in total. The molecule has 1 aliphatic carbocycles. The van der Waals surface area contributed by atoms with Crippen LogP contribution in [0.5, 0.6) is 0 Å². The highest BCUT2D eigenvalue weighted by Gasteiger charge is 2.26. The summed E-state index contributed by atoms with van der Waals surface area (Å²) in [5.74, 6) is 1.45. The molecule has 1 saturated carbocycles. The smallest absolute Gasteiger partial charge is 0.224 e. The van der Waals surface area contributed by atoms with E-state index in [-0.39, 0.29) is 5.95 Å². The van der Waals surface area contributed by atoms with Gasteiger partial charge in [-0.25, -0.2) is 9.97 Å². The first-order valence-corrected chi connectivity index (χ1v) is 6.86. The van der Waals surface area contributed by atoms with Crippen molar-refractivity contribution in [1.82, 2.24) is 24.9 Å². The van der Waals surface area contributed by atoms with Crippen LogP contribution < -0.4 is 11.1 Å². The number of nitrogen functional groups attached to an aromatic ring is 1. The zero-order chi connectivity index (χ0) is 12.8. The molecule has 0 amide bonds. The fraction of sp³-hybridized carbons (Fsp3) is 0.273. The third-order valence-electron chi connectivity index (χ3n) is 3.05. The third kappa shape index (κ3) is 1.89. The van der Waals surface area contributed by atoms with Gasteiger partial charge in [0.15, 0.2) is 16.6 Å². The normalized spacial score (nSPS) is 14.9. The fourth-order valence-electron chi connectivity index (χ4n) is 1.95. The molecule has 1 fully saturated rings. The lowest BCUT2D eigenvalue weighted by atomic mass is 10.3. The van der Waals surface area contributed by atoms with Crippen molar-refractivity contribution in [3.63, 3.8) is 0 Å². The molecule has 0 aromatic carbocycles. The lowest BCUT2D eigenvalue weighted by Crippen LogP contribution is -2.01. The summed E-state index contributed by atoms with van der Waals surface area (Å²) in [5.41, 5.74) is 8.11. The number of nitrogens with one attached hydrogen (secondary N) is 2. The number of aromatic amines is 1. The molecule has 0 atom stereocenters. The fourth-order valence-corrected chi connectivity index (χ4v) is 2.74. The largest absolute Gasteiger partial charge is 0.368 e. The molecule has 1 aliphatic rings. The van der Waals surface area contributed by atoms with Gasteiger partial charge in [-0.3, -0.25) is 0 Å². The van der Waals surface area contributed by atoms with Gasteiger partial charge in [0.1, 0.15) is 5.52 Å². The summed E-state index contributed by atoms with van der Waals surface area (Å²) in [6.45, 7) is 0. The highest BCUT2D eigenvalue weighted by molar-refractivity contribution is 7.13. The van der Waals surface area contributed by atoms with Crippen LogP contribution in [0.3, 0.4) is 0 Å². The summed E-state index contributed by atoms with van der Waals surface area (Å²) in [5, 5.41) is 6.09. The van der Waals surface area contributed by atoms with E-state index in [9.17, 15) is 0 Å². The zero-order valence-corrected chi connectivity index (χ0v) is 10.7. The van der Waals surface area contributed by atoms with E-state index in [0.29, 0.717) is 17.4 Å². The standard InChI is InChI=1S/C11H11N7S/c12-10-16-8-7(13-4-14-8)9(17-10)18-11-15-6(3-19-11)5-1-2-5/h3-5H,1-2H2,(H4,12,13,14,15,16,17,18). The van der Waals surface area contributed by atoms with E-state index in [1.165, 1.54) is 12.8 Å². The second-order valence-electron chi connectivity index (χ2n) is 4.51. The third-order valence-corrected chi connectivity index (χ3v) is 3.82. The van der Waals surface area contributed by atoms with Gasteiger partial charge < -0.3 is 16.0 Å². The molecule has 3 aromatic heterocycles. The Balaban J connectivity index is 1.71. The minimum absolute atomic E-state index is 0.195. The van der Waals surface area contributed by atoms with Gasteiger partial charge in [0.2, 0.25) is 5.95 Å². The van der Waals surface area contributed by atoms with E-state index in [4.69, 9.17) is 5.73 Å². The average Bonchev–Trinajstić information content (AvgIpc) is 2.95. The van der Waals surface area contributed by atoms with Crippen molar-refractivity contribution in [1.29, 1.82) is 0 Å². The quantitative estimate of drug-likeness (QED) is 0.674. The van der Waals surface area contributed by atoms with Gasteiger partial charge in [0.25, 0.3) is 0 Å². The maximum atomic E-state index is 5.67. The summed E-state index contributed by atoms with van der Waals surface area (Å²) in [4.78, 5) is 19.9. The lowest BCUT2D eigenvalue weighted by molar-refractivity contribution is 1.05. The number of anilines is 3. The van der Waals surface area contributed by atoms with Gasteiger partial charge in [-0.05, 0) is 12.8 Å². The Morgan fingerprint density at radius 3 is 3.05 bits per heavy atom. The van der Waals surface area contributed by atoms with Crippen molar-refractivity contribution < 1.29 is 0 Å². The maximum Gasteiger partial charge on any atom is 0.224 e. The Bertz CT molecular complexity index is 742. The number of thiazole rings is 1. The van der Waals surface area contributed by atoms with Crippen LogP contribution in [-0.4, -0.2) is 24.9 Å². The van der Waals surface area contributed by atoms with Crippen LogP contribution in [-0.2, 0) is 0 Å². The molecule has 96 valence electrons. The second kappa shape index (κ2) is 3.89. The van der Waals surface area contributed by atoms with E-state index in [1.807, 2.05) is 0 Å². The molecule has 3 aromatic rings. The van der Waals surface area contributed by atoms with Crippen LogP contribution in [0.1, 0.15) is 24.5 Å². The number of aromatic nitrogens is 5. The highest BCUT2D eigenvalue weighted by Crippen LogP contribution is 2.41. The lowest BCUT2D eigenvalue weighted by Gasteiger charge is -2.03. The van der Waals surface area contributed by atoms with Crippen molar-refractivity contribution >= 4 is 39.4 Å². The summed E-state index contributed by atoms with van der Waals surface area (Å²) < 4.78 is 0. The molecule has 0 spiro atoms. The van der Waals surface area contributed by atoms with Crippen molar-refractivity contribution in [2.45, 2.75) is 18.8 Å². The van der Waals surface area contributed by atoms with Crippen molar-refractivity contribution in [2.75, 3.05) is 11.1 Å². The SMILES string of the molecule is Nc1nc(Nc2nc(C3CC3)cs2)c2[nH]cnc2n1. The molecule has 8 heteroatoms. The Morgan fingerprint density at radius 1 is 1.32 bits per heavy atom. The van der Waals surface area contributed by atoms with E-state index < -0.39 is 0 Å². The maximum absolute atomic E-state index is 5.67. The predicted molar refractivity (Wildman–Crippen MR) is 73.5 cm³/mol. The van der Waals surface area contributed by atoms with Crippen molar-refractivity contribution in [2.24, 2.45) is 0 Å². The molecular formula is C11H11N7S. The Labute approximate surface area is 112 Å². The molecule has 0 unspecified atom stereocenters. The monoisotopic (exact) mass is 273 g/mol. The number of nitrogens with two attached hydrogens (primary N) is 1. The van der Waals surface area contributed by atoms with Gasteiger partial charge in [-0.1, -0.05) is 0 Å². The highest BCUT2D eigenvalue weighted by atomic mass is 32.1. The molecule has 4 rings (SSSR count). The summed E-state index contributed by atoms with van der Waals surface area (Å²) in [6.07, 6.45) is 4.06.